The third kappa shape index (κ3) is 40.4. The maximum Gasteiger partial charge on any atom is 0.472 e. The number of nitrogens with zero attached hydrogens (tertiary/aromatic N) is 1. The zero-order valence-electron chi connectivity index (χ0n) is 34.0. The van der Waals surface area contributed by atoms with Gasteiger partial charge in [0.2, 0.25) is 0 Å². The van der Waals surface area contributed by atoms with Crippen molar-refractivity contribution in [2.45, 2.75) is 123 Å². The molecule has 9 heteroatoms. The Bertz CT molecular complexity index is 1160. The largest absolute Gasteiger partial charge is 0.472 e. The Kier molecular flexibility index (Phi) is 34.6. The van der Waals surface area contributed by atoms with Gasteiger partial charge in [0, 0.05) is 13.0 Å². The summed E-state index contributed by atoms with van der Waals surface area (Å²) in [5, 5.41) is 0. The summed E-state index contributed by atoms with van der Waals surface area (Å²) in [6, 6.07) is 0. The van der Waals surface area contributed by atoms with Crippen LogP contribution in [0, 0.1) is 0 Å². The predicted molar refractivity (Wildman–Crippen MR) is 224 cm³/mol. The van der Waals surface area contributed by atoms with E-state index < -0.39 is 19.9 Å². The van der Waals surface area contributed by atoms with Crippen molar-refractivity contribution >= 4 is 13.8 Å². The number of likely N-dealkylation sites (N-methyl/N-ethyl adjacent to an activating group) is 1. The maximum atomic E-state index is 12.6. The fourth-order valence-corrected chi connectivity index (χ4v) is 5.35. The van der Waals surface area contributed by atoms with Gasteiger partial charge in [0.15, 0.2) is 0 Å². The molecular weight excluding hydrogens is 685 g/mol. The molecule has 0 saturated heterocycles. The number of esters is 1. The van der Waals surface area contributed by atoms with Gasteiger partial charge in [0.05, 0.1) is 34.4 Å². The van der Waals surface area contributed by atoms with Gasteiger partial charge in [-0.15, -0.1) is 0 Å². The number of carbonyl (C=O) groups excluding carboxylic acids is 1. The summed E-state index contributed by atoms with van der Waals surface area (Å²) >= 11 is 0. The summed E-state index contributed by atoms with van der Waals surface area (Å²) in [5.74, 6) is -0.406. The van der Waals surface area contributed by atoms with Crippen molar-refractivity contribution in [3.8, 4) is 0 Å². The van der Waals surface area contributed by atoms with E-state index in [9.17, 15) is 14.3 Å². The van der Waals surface area contributed by atoms with Gasteiger partial charge in [-0.2, -0.15) is 0 Å². The van der Waals surface area contributed by atoms with E-state index in [1.165, 1.54) is 12.8 Å². The van der Waals surface area contributed by atoms with Crippen LogP contribution in [0.5, 0.6) is 0 Å². The second kappa shape index (κ2) is 36.4. The van der Waals surface area contributed by atoms with Gasteiger partial charge >= 0.3 is 13.8 Å². The number of unbranched alkanes of at least 4 members (excludes halogenated alkanes) is 5. The van der Waals surface area contributed by atoms with Gasteiger partial charge in [-0.25, -0.2) is 4.57 Å². The fraction of sp³-hybridized carbons (Fsp3) is 0.614. The van der Waals surface area contributed by atoms with E-state index in [-0.39, 0.29) is 26.2 Å². The quantitative estimate of drug-likeness (QED) is 0.0226. The molecule has 0 amide bonds. The molecule has 0 aliphatic carbocycles. The van der Waals surface area contributed by atoms with Gasteiger partial charge in [-0.1, -0.05) is 130 Å². The summed E-state index contributed by atoms with van der Waals surface area (Å²) < 4.78 is 34.8. The van der Waals surface area contributed by atoms with Crippen molar-refractivity contribution in [3.05, 3.63) is 97.2 Å². The normalized spacial score (nSPS) is 14.9. The Hall–Kier alpha value is -2.58. The molecule has 0 bridgehead atoms. The topological polar surface area (TPSA) is 91.3 Å². The number of quaternary nitrogens is 1. The van der Waals surface area contributed by atoms with E-state index in [0.29, 0.717) is 24.1 Å². The van der Waals surface area contributed by atoms with Crippen LogP contribution in [-0.4, -0.2) is 75.6 Å². The number of hydrogen-bond donors (Lipinski definition) is 1. The molecule has 0 aromatic heterocycles. The number of carbonyl (C=O) groups is 1. The minimum Gasteiger partial charge on any atom is -0.457 e. The zero-order chi connectivity index (χ0) is 39.1. The standard InChI is InChI=1S/C44H74NO7P/c1-6-8-10-12-14-16-18-20-21-22-23-24-26-28-30-32-34-36-39-49-41-43(42-51-53(47,48)50-40-38-45(3,4)5)52-44(46)37-35-33-31-29-27-25-19-17-15-13-11-9-7-2/h8-11,14-17,20-21,23-25,27,31,33,43H,6-7,12-13,18-19,22,26,28-30,32,34-42H2,1-5H3/p+1/b10-8-,11-9-,16-14-,17-15-,21-20-,24-23-,27-25-,33-31-. The van der Waals surface area contributed by atoms with Crippen LogP contribution in [0.25, 0.3) is 0 Å². The second-order valence-electron chi connectivity index (χ2n) is 13.9. The van der Waals surface area contributed by atoms with Crippen LogP contribution in [0.15, 0.2) is 97.2 Å². The van der Waals surface area contributed by atoms with Crippen LogP contribution in [0.1, 0.15) is 117 Å². The van der Waals surface area contributed by atoms with Crippen LogP contribution in [0.3, 0.4) is 0 Å². The lowest BCUT2D eigenvalue weighted by Gasteiger charge is -2.24. The molecule has 8 nitrogen and oxygen atoms in total. The average Bonchev–Trinajstić information content (AvgIpc) is 3.11. The lowest BCUT2D eigenvalue weighted by molar-refractivity contribution is -0.870. The number of hydrogen-bond acceptors (Lipinski definition) is 6. The summed E-state index contributed by atoms with van der Waals surface area (Å²) in [6.07, 6.45) is 48.9. The van der Waals surface area contributed by atoms with Gasteiger partial charge < -0.3 is 18.9 Å². The molecule has 0 aliphatic rings. The SMILES string of the molecule is CC/C=C\C/C=C\C/C=C\C/C=C\CCCCCCCOCC(COP(=O)(O)OCC[N+](C)(C)C)OC(=O)CC/C=C\C/C=C\C/C=C\C/C=C\CC. The molecule has 2 unspecified atom stereocenters. The maximum absolute atomic E-state index is 12.6. The molecule has 53 heavy (non-hydrogen) atoms. The molecule has 0 aromatic carbocycles. The molecule has 302 valence electrons. The molecule has 0 aromatic rings. The number of allylic oxidation sites excluding steroid dienone is 16. The zero-order valence-corrected chi connectivity index (χ0v) is 34.8. The molecule has 0 spiro atoms. The third-order valence-electron chi connectivity index (χ3n) is 7.65. The third-order valence-corrected chi connectivity index (χ3v) is 8.64. The number of phosphoric acid groups is 1. The highest BCUT2D eigenvalue weighted by molar-refractivity contribution is 7.47. The van der Waals surface area contributed by atoms with Crippen molar-refractivity contribution < 1.29 is 37.3 Å². The Morgan fingerprint density at radius 2 is 1.04 bits per heavy atom. The van der Waals surface area contributed by atoms with E-state index in [0.717, 1.165) is 77.0 Å². The minimum atomic E-state index is -4.30. The van der Waals surface area contributed by atoms with Crippen LogP contribution in [0.4, 0.5) is 0 Å². The van der Waals surface area contributed by atoms with E-state index in [1.54, 1.807) is 0 Å². The molecule has 0 rings (SSSR count). The van der Waals surface area contributed by atoms with Crippen LogP contribution in [0.2, 0.25) is 0 Å². The number of ether oxygens (including phenoxy) is 2. The average molecular weight is 761 g/mol. The molecule has 0 radical (unpaired) electrons. The number of phosphoric ester groups is 1. The first-order valence-electron chi connectivity index (χ1n) is 20.0. The molecular formula is C44H75NO7P+. The lowest BCUT2D eigenvalue weighted by Crippen LogP contribution is -2.37. The summed E-state index contributed by atoms with van der Waals surface area (Å²) in [6.45, 7) is 5.20. The highest BCUT2D eigenvalue weighted by Crippen LogP contribution is 2.43. The van der Waals surface area contributed by atoms with Crippen molar-refractivity contribution in [2.24, 2.45) is 0 Å². The Labute approximate surface area is 324 Å². The predicted octanol–water partition coefficient (Wildman–Crippen LogP) is 11.5. The molecule has 1 N–H and O–H groups in total. The first-order valence-corrected chi connectivity index (χ1v) is 21.5. The van der Waals surface area contributed by atoms with Crippen molar-refractivity contribution in [3.63, 3.8) is 0 Å². The highest BCUT2D eigenvalue weighted by Gasteiger charge is 2.26. The van der Waals surface area contributed by atoms with Crippen molar-refractivity contribution in [1.82, 2.24) is 0 Å². The van der Waals surface area contributed by atoms with Crippen LogP contribution in [-0.2, 0) is 27.9 Å². The lowest BCUT2D eigenvalue weighted by atomic mass is 10.1. The van der Waals surface area contributed by atoms with Gasteiger partial charge in [-0.3, -0.25) is 13.8 Å². The van der Waals surface area contributed by atoms with E-state index in [2.05, 4.69) is 98.9 Å². The molecule has 0 fully saturated rings. The summed E-state index contributed by atoms with van der Waals surface area (Å²) in [4.78, 5) is 22.8. The van der Waals surface area contributed by atoms with Crippen molar-refractivity contribution in [2.75, 3.05) is 54.1 Å². The summed E-state index contributed by atoms with van der Waals surface area (Å²) in [7, 11) is 1.59. The Morgan fingerprint density at radius 3 is 1.55 bits per heavy atom. The fourth-order valence-electron chi connectivity index (χ4n) is 4.61. The van der Waals surface area contributed by atoms with E-state index in [4.69, 9.17) is 18.5 Å². The first kappa shape index (κ1) is 50.4. The monoisotopic (exact) mass is 761 g/mol. The highest BCUT2D eigenvalue weighted by atomic mass is 31.2. The molecule has 0 aliphatic heterocycles. The van der Waals surface area contributed by atoms with Crippen LogP contribution < -0.4 is 0 Å². The Morgan fingerprint density at radius 1 is 0.585 bits per heavy atom. The molecule has 0 saturated carbocycles. The first-order chi connectivity index (χ1) is 25.6. The Balaban J connectivity index is 4.43. The van der Waals surface area contributed by atoms with E-state index in [1.807, 2.05) is 33.3 Å². The minimum absolute atomic E-state index is 0.0660. The number of rotatable bonds is 35. The van der Waals surface area contributed by atoms with E-state index >= 15 is 0 Å². The van der Waals surface area contributed by atoms with Crippen molar-refractivity contribution in [1.29, 1.82) is 0 Å². The van der Waals surface area contributed by atoms with Gasteiger partial charge in [0.1, 0.15) is 19.3 Å². The second-order valence-corrected chi connectivity index (χ2v) is 15.3. The van der Waals surface area contributed by atoms with Gasteiger partial charge in [-0.05, 0) is 77.0 Å². The summed E-state index contributed by atoms with van der Waals surface area (Å²) in [5.41, 5.74) is 0. The van der Waals surface area contributed by atoms with Gasteiger partial charge in [0.25, 0.3) is 0 Å². The van der Waals surface area contributed by atoms with Crippen LogP contribution >= 0.6 is 7.82 Å². The smallest absolute Gasteiger partial charge is 0.457 e. The molecule has 0 heterocycles. The molecule has 2 atom stereocenters.